The Morgan fingerprint density at radius 1 is 1.04 bits per heavy atom. The van der Waals surface area contributed by atoms with Crippen molar-refractivity contribution >= 4 is 5.97 Å². The monoisotopic (exact) mass is 323 g/mol. The Morgan fingerprint density at radius 3 is 2.29 bits per heavy atom. The van der Waals surface area contributed by atoms with Gasteiger partial charge in [0.25, 0.3) is 0 Å². The number of hydrogen-bond acceptors (Lipinski definition) is 4. The van der Waals surface area contributed by atoms with Crippen LogP contribution in [-0.4, -0.2) is 22.2 Å². The number of carbonyl (C=O) groups is 1. The molecule has 1 aromatic carbocycles. The molecule has 0 spiro atoms. The van der Waals surface area contributed by atoms with Crippen molar-refractivity contribution in [2.45, 2.75) is 20.0 Å². The minimum Gasteiger partial charge on any atom is -0.491 e. The zero-order chi connectivity index (χ0) is 17.1. The van der Waals surface area contributed by atoms with Gasteiger partial charge in [0.1, 0.15) is 11.4 Å². The van der Waals surface area contributed by atoms with Crippen LogP contribution in [0.25, 0.3) is 22.6 Å². The van der Waals surface area contributed by atoms with Crippen molar-refractivity contribution in [2.75, 3.05) is 0 Å². The topological polar surface area (TPSA) is 72.6 Å². The lowest BCUT2D eigenvalue weighted by molar-refractivity contribution is 0.0663. The van der Waals surface area contributed by atoms with Crippen LogP contribution in [0.5, 0.6) is 5.75 Å². The number of hydrogen-bond donors (Lipinski definition) is 1. The van der Waals surface area contributed by atoms with Gasteiger partial charge in [-0.3, -0.25) is 4.98 Å². The van der Waals surface area contributed by atoms with Crippen molar-refractivity contribution in [1.82, 2.24) is 4.98 Å². The van der Waals surface area contributed by atoms with Crippen molar-refractivity contribution in [3.8, 4) is 28.3 Å². The number of aromatic nitrogens is 1. The van der Waals surface area contributed by atoms with Gasteiger partial charge in [-0.1, -0.05) is 18.2 Å². The third kappa shape index (κ3) is 3.46. The van der Waals surface area contributed by atoms with E-state index in [1.807, 2.05) is 44.2 Å². The van der Waals surface area contributed by atoms with Crippen LogP contribution in [0.4, 0.5) is 0 Å². The number of furan rings is 1. The zero-order valence-electron chi connectivity index (χ0n) is 13.4. The molecule has 0 bridgehead atoms. The first-order chi connectivity index (χ1) is 11.5. The fourth-order valence-corrected chi connectivity index (χ4v) is 2.30. The van der Waals surface area contributed by atoms with Crippen LogP contribution < -0.4 is 4.74 Å². The van der Waals surface area contributed by atoms with E-state index < -0.39 is 5.97 Å². The summed E-state index contributed by atoms with van der Waals surface area (Å²) in [6, 6.07) is 14.5. The molecule has 5 nitrogen and oxygen atoms in total. The first-order valence-electron chi connectivity index (χ1n) is 7.59. The SMILES string of the molecule is CC(C)Oc1ccc(-c2ccc(-c3ccc(C(=O)O)o3)nc2)cc1. The second-order valence-electron chi connectivity index (χ2n) is 5.59. The van der Waals surface area contributed by atoms with E-state index in [0.717, 1.165) is 16.9 Å². The summed E-state index contributed by atoms with van der Waals surface area (Å²) in [6.45, 7) is 3.97. The van der Waals surface area contributed by atoms with Gasteiger partial charge in [-0.25, -0.2) is 4.79 Å². The minimum absolute atomic E-state index is 0.100. The Kier molecular flexibility index (Phi) is 4.33. The average Bonchev–Trinajstić information content (AvgIpc) is 3.05. The highest BCUT2D eigenvalue weighted by molar-refractivity contribution is 5.85. The number of nitrogens with zero attached hydrogens (tertiary/aromatic N) is 1. The highest BCUT2D eigenvalue weighted by Gasteiger charge is 2.11. The molecule has 5 heteroatoms. The second kappa shape index (κ2) is 6.58. The number of benzene rings is 1. The normalized spacial score (nSPS) is 10.8. The molecule has 24 heavy (non-hydrogen) atoms. The largest absolute Gasteiger partial charge is 0.491 e. The predicted molar refractivity (Wildman–Crippen MR) is 90.1 cm³/mol. The summed E-state index contributed by atoms with van der Waals surface area (Å²) in [5.41, 5.74) is 2.57. The molecule has 0 aliphatic heterocycles. The van der Waals surface area contributed by atoms with Crippen molar-refractivity contribution in [1.29, 1.82) is 0 Å². The number of aromatic carboxylic acids is 1. The maximum atomic E-state index is 10.9. The Morgan fingerprint density at radius 2 is 1.75 bits per heavy atom. The number of carboxylic acid groups (broad SMARTS) is 1. The lowest BCUT2D eigenvalue weighted by atomic mass is 10.1. The summed E-state index contributed by atoms with van der Waals surface area (Å²) in [4.78, 5) is 15.2. The van der Waals surface area contributed by atoms with Gasteiger partial charge < -0.3 is 14.3 Å². The molecule has 2 aromatic heterocycles. The van der Waals surface area contributed by atoms with Gasteiger partial charge in [-0.2, -0.15) is 0 Å². The standard InChI is InChI=1S/C19H17NO4/c1-12(2)23-15-6-3-13(4-7-15)14-5-8-16(20-11-14)17-9-10-18(24-17)19(21)22/h3-12H,1-2H3,(H,21,22). The van der Waals surface area contributed by atoms with Crippen molar-refractivity contribution < 1.29 is 19.1 Å². The van der Waals surface area contributed by atoms with Gasteiger partial charge >= 0.3 is 5.97 Å². The molecule has 0 saturated heterocycles. The van der Waals surface area contributed by atoms with Crippen molar-refractivity contribution in [2.24, 2.45) is 0 Å². The van der Waals surface area contributed by atoms with Gasteiger partial charge in [0.2, 0.25) is 5.76 Å². The molecule has 2 heterocycles. The average molecular weight is 323 g/mol. The van der Waals surface area contributed by atoms with Gasteiger partial charge in [0, 0.05) is 11.8 Å². The Balaban J connectivity index is 1.79. The highest BCUT2D eigenvalue weighted by atomic mass is 16.5. The summed E-state index contributed by atoms with van der Waals surface area (Å²) in [7, 11) is 0. The molecule has 0 aliphatic carbocycles. The molecule has 0 saturated carbocycles. The Hall–Kier alpha value is -3.08. The molecule has 0 fully saturated rings. The number of carboxylic acids is 1. The molecule has 0 radical (unpaired) electrons. The quantitative estimate of drug-likeness (QED) is 0.748. The first-order valence-corrected chi connectivity index (χ1v) is 7.59. The summed E-state index contributed by atoms with van der Waals surface area (Å²) in [5.74, 6) is 0.0629. The second-order valence-corrected chi connectivity index (χ2v) is 5.59. The smallest absolute Gasteiger partial charge is 0.371 e. The van der Waals surface area contributed by atoms with Crippen LogP contribution in [0.1, 0.15) is 24.4 Å². The zero-order valence-corrected chi connectivity index (χ0v) is 13.4. The summed E-state index contributed by atoms with van der Waals surface area (Å²) < 4.78 is 10.9. The summed E-state index contributed by atoms with van der Waals surface area (Å²) in [5, 5.41) is 8.89. The molecule has 1 N–H and O–H groups in total. The van der Waals surface area contributed by atoms with Crippen LogP contribution in [0.3, 0.4) is 0 Å². The molecular formula is C19H17NO4. The van der Waals surface area contributed by atoms with E-state index in [1.54, 1.807) is 18.3 Å². The van der Waals surface area contributed by atoms with Gasteiger partial charge in [0.05, 0.1) is 6.10 Å². The molecule has 3 rings (SSSR count). The van der Waals surface area contributed by atoms with Crippen LogP contribution >= 0.6 is 0 Å². The van der Waals surface area contributed by atoms with Crippen molar-refractivity contribution in [3.63, 3.8) is 0 Å². The van der Waals surface area contributed by atoms with Crippen LogP contribution in [-0.2, 0) is 0 Å². The molecule has 0 amide bonds. The maximum absolute atomic E-state index is 10.9. The maximum Gasteiger partial charge on any atom is 0.371 e. The van der Waals surface area contributed by atoms with E-state index in [9.17, 15) is 4.79 Å². The molecule has 0 unspecified atom stereocenters. The summed E-state index contributed by atoms with van der Waals surface area (Å²) >= 11 is 0. The van der Waals surface area contributed by atoms with Crippen LogP contribution in [0, 0.1) is 0 Å². The Bertz CT molecular complexity index is 833. The van der Waals surface area contributed by atoms with E-state index in [2.05, 4.69) is 4.98 Å². The van der Waals surface area contributed by atoms with E-state index in [-0.39, 0.29) is 11.9 Å². The number of ether oxygens (including phenoxy) is 1. The molecule has 0 aliphatic rings. The fourth-order valence-electron chi connectivity index (χ4n) is 2.30. The predicted octanol–water partition coefficient (Wildman–Crippen LogP) is 4.49. The third-order valence-electron chi connectivity index (χ3n) is 3.39. The van der Waals surface area contributed by atoms with Crippen LogP contribution in [0.15, 0.2) is 59.1 Å². The number of pyridine rings is 1. The molecule has 0 atom stereocenters. The Labute approximate surface area is 139 Å². The van der Waals surface area contributed by atoms with E-state index in [4.69, 9.17) is 14.3 Å². The third-order valence-corrected chi connectivity index (χ3v) is 3.39. The molecule has 122 valence electrons. The summed E-state index contributed by atoms with van der Waals surface area (Å²) in [6.07, 6.45) is 1.87. The minimum atomic E-state index is -1.10. The molecular weight excluding hydrogens is 306 g/mol. The van der Waals surface area contributed by atoms with Crippen molar-refractivity contribution in [3.05, 3.63) is 60.5 Å². The fraction of sp³-hybridized carbons (Fsp3) is 0.158. The van der Waals surface area contributed by atoms with E-state index in [0.29, 0.717) is 11.5 Å². The number of rotatable bonds is 5. The van der Waals surface area contributed by atoms with E-state index in [1.165, 1.54) is 6.07 Å². The highest BCUT2D eigenvalue weighted by Crippen LogP contribution is 2.25. The van der Waals surface area contributed by atoms with Gasteiger partial charge in [0.15, 0.2) is 5.76 Å². The van der Waals surface area contributed by atoms with E-state index >= 15 is 0 Å². The van der Waals surface area contributed by atoms with Gasteiger partial charge in [-0.05, 0) is 49.7 Å². The first kappa shape index (κ1) is 15.8. The van der Waals surface area contributed by atoms with Crippen LogP contribution in [0.2, 0.25) is 0 Å². The lowest BCUT2D eigenvalue weighted by Crippen LogP contribution is -2.05. The van der Waals surface area contributed by atoms with Gasteiger partial charge in [-0.15, -0.1) is 0 Å². The molecule has 3 aromatic rings. The lowest BCUT2D eigenvalue weighted by Gasteiger charge is -2.10.